The van der Waals surface area contributed by atoms with Crippen LogP contribution in [-0.2, 0) is 28.7 Å². The number of hydrogen-bond donors (Lipinski definition) is 4. The van der Waals surface area contributed by atoms with Crippen LogP contribution in [0.5, 0.6) is 0 Å². The summed E-state index contributed by atoms with van der Waals surface area (Å²) in [7, 11) is 0. The first-order valence-corrected chi connectivity index (χ1v) is 15.5. The topological polar surface area (TPSA) is 169 Å². The highest BCUT2D eigenvalue weighted by molar-refractivity contribution is 5.73. The molecule has 5 unspecified atom stereocenters. The van der Waals surface area contributed by atoms with E-state index in [0.29, 0.717) is 65.0 Å². The van der Waals surface area contributed by atoms with Crippen LogP contribution in [0.1, 0.15) is 94.4 Å². The standard InChI is InChI=1S/C17H34N2O5.C13H26N2O4/c1-6-15(22)9-18(11-17(8-3)24-14(5)21)12-19(13(4)20)10-16(23)7-2;1-5-12(18)8-15(10(3)16)9-14-7-13(6-2)19-11(4)17/h15-17,22-23H,6-12H2,1-5H3;12-14,18H,5-9H2,1-4H3. The third-order valence-corrected chi connectivity index (χ3v) is 6.72. The quantitative estimate of drug-likeness (QED) is 0.108. The second kappa shape index (κ2) is 25.1. The number of carbonyl (C=O) groups excluding carboxylic acids is 4. The summed E-state index contributed by atoms with van der Waals surface area (Å²) in [5, 5.41) is 32.4. The van der Waals surface area contributed by atoms with Gasteiger partial charge in [0.15, 0.2) is 0 Å². The Labute approximate surface area is 258 Å². The Balaban J connectivity index is 0. The van der Waals surface area contributed by atoms with Gasteiger partial charge >= 0.3 is 11.9 Å². The summed E-state index contributed by atoms with van der Waals surface area (Å²) in [4.78, 5) is 50.3. The minimum Gasteiger partial charge on any atom is -0.461 e. The van der Waals surface area contributed by atoms with Crippen molar-refractivity contribution in [3.05, 3.63) is 0 Å². The van der Waals surface area contributed by atoms with E-state index in [1.807, 2.05) is 39.5 Å². The third kappa shape index (κ3) is 22.8. The zero-order valence-corrected chi connectivity index (χ0v) is 28.0. The second-order valence-electron chi connectivity index (χ2n) is 10.7. The van der Waals surface area contributed by atoms with Crippen molar-refractivity contribution in [2.24, 2.45) is 0 Å². The van der Waals surface area contributed by atoms with Crippen LogP contribution < -0.4 is 5.32 Å². The van der Waals surface area contributed by atoms with Gasteiger partial charge in [-0.3, -0.25) is 29.4 Å². The lowest BCUT2D eigenvalue weighted by molar-refractivity contribution is -0.149. The Morgan fingerprint density at radius 3 is 1.42 bits per heavy atom. The Morgan fingerprint density at radius 1 is 0.605 bits per heavy atom. The largest absolute Gasteiger partial charge is 0.461 e. The van der Waals surface area contributed by atoms with Crippen LogP contribution in [-0.4, -0.2) is 130 Å². The Kier molecular flexibility index (Phi) is 24.9. The summed E-state index contributed by atoms with van der Waals surface area (Å²) >= 11 is 0. The molecule has 4 N–H and O–H groups in total. The number of aliphatic hydroxyl groups is 3. The maximum Gasteiger partial charge on any atom is 0.302 e. The SMILES string of the molecule is CCC(O)CN(CC(CC)OC(C)=O)CN(CC(O)CC)C(C)=O.CCC(O)CN(CNCC(CC)OC(C)=O)C(C)=O. The molecule has 43 heavy (non-hydrogen) atoms. The van der Waals surface area contributed by atoms with Crippen LogP contribution in [0, 0.1) is 0 Å². The third-order valence-electron chi connectivity index (χ3n) is 6.72. The van der Waals surface area contributed by atoms with Crippen LogP contribution in [0.3, 0.4) is 0 Å². The average molecular weight is 621 g/mol. The molecule has 0 aliphatic rings. The predicted molar refractivity (Wildman–Crippen MR) is 165 cm³/mol. The molecule has 0 heterocycles. The molecule has 5 atom stereocenters. The summed E-state index contributed by atoms with van der Waals surface area (Å²) in [5.41, 5.74) is 0. The molecule has 0 bridgehead atoms. The number of rotatable bonds is 21. The van der Waals surface area contributed by atoms with Crippen molar-refractivity contribution >= 4 is 23.8 Å². The Morgan fingerprint density at radius 2 is 1.02 bits per heavy atom. The van der Waals surface area contributed by atoms with E-state index < -0.39 is 18.3 Å². The molecule has 13 nitrogen and oxygen atoms in total. The zero-order valence-electron chi connectivity index (χ0n) is 28.0. The van der Waals surface area contributed by atoms with Gasteiger partial charge in [-0.15, -0.1) is 0 Å². The first kappa shape index (κ1) is 42.8. The lowest BCUT2D eigenvalue weighted by atomic mass is 10.2. The highest BCUT2D eigenvalue weighted by Gasteiger charge is 2.22. The van der Waals surface area contributed by atoms with Gasteiger partial charge in [-0.25, -0.2) is 0 Å². The van der Waals surface area contributed by atoms with Gasteiger partial charge in [-0.2, -0.15) is 0 Å². The Hall–Kier alpha value is -2.32. The predicted octanol–water partition coefficient (Wildman–Crippen LogP) is 1.47. The van der Waals surface area contributed by atoms with Crippen LogP contribution in [0.25, 0.3) is 0 Å². The first-order valence-electron chi connectivity index (χ1n) is 15.5. The number of carbonyl (C=O) groups is 4. The summed E-state index contributed by atoms with van der Waals surface area (Å²) in [6, 6.07) is 0. The molecular weight excluding hydrogens is 560 g/mol. The molecule has 2 amide bonds. The molecule has 0 aromatic heterocycles. The van der Waals surface area contributed by atoms with Crippen LogP contribution in [0.15, 0.2) is 0 Å². The van der Waals surface area contributed by atoms with E-state index >= 15 is 0 Å². The van der Waals surface area contributed by atoms with Gasteiger partial charge in [0.2, 0.25) is 11.8 Å². The molecule has 13 heteroatoms. The highest BCUT2D eigenvalue weighted by atomic mass is 16.5. The van der Waals surface area contributed by atoms with Crippen molar-refractivity contribution in [2.75, 3.05) is 46.1 Å². The highest BCUT2D eigenvalue weighted by Crippen LogP contribution is 2.08. The fourth-order valence-electron chi connectivity index (χ4n) is 3.85. The van der Waals surface area contributed by atoms with Crippen molar-refractivity contribution < 1.29 is 44.0 Å². The van der Waals surface area contributed by atoms with Crippen molar-refractivity contribution in [3.8, 4) is 0 Å². The molecule has 0 radical (unpaired) electrons. The minimum atomic E-state index is -0.581. The maximum atomic E-state index is 11.9. The molecule has 0 aromatic carbocycles. The zero-order chi connectivity index (χ0) is 33.5. The smallest absolute Gasteiger partial charge is 0.302 e. The number of esters is 2. The van der Waals surface area contributed by atoms with Crippen molar-refractivity contribution in [3.63, 3.8) is 0 Å². The van der Waals surface area contributed by atoms with Gasteiger partial charge in [0, 0.05) is 60.4 Å². The summed E-state index contributed by atoms with van der Waals surface area (Å²) < 4.78 is 10.4. The molecule has 0 aromatic rings. The number of nitrogens with zero attached hydrogens (tertiary/aromatic N) is 3. The van der Waals surface area contributed by atoms with E-state index in [0.717, 1.165) is 0 Å². The monoisotopic (exact) mass is 620 g/mol. The number of aliphatic hydroxyl groups excluding tert-OH is 3. The fraction of sp³-hybridized carbons (Fsp3) is 0.867. The first-order chi connectivity index (χ1) is 20.1. The molecule has 0 rings (SSSR count). The molecular formula is C30H60N4O9. The lowest BCUT2D eigenvalue weighted by Gasteiger charge is -2.34. The van der Waals surface area contributed by atoms with Crippen LogP contribution in [0.4, 0.5) is 0 Å². The van der Waals surface area contributed by atoms with Gasteiger partial charge in [0.25, 0.3) is 0 Å². The van der Waals surface area contributed by atoms with E-state index in [9.17, 15) is 34.5 Å². The van der Waals surface area contributed by atoms with Crippen molar-refractivity contribution in [1.82, 2.24) is 20.0 Å². The molecule has 0 spiro atoms. The van der Waals surface area contributed by atoms with E-state index in [-0.39, 0.29) is 49.2 Å². The lowest BCUT2D eigenvalue weighted by Crippen LogP contribution is -2.48. The van der Waals surface area contributed by atoms with Gasteiger partial charge in [-0.05, 0) is 32.1 Å². The molecule has 0 aliphatic heterocycles. The van der Waals surface area contributed by atoms with E-state index in [1.54, 1.807) is 4.90 Å². The fourth-order valence-corrected chi connectivity index (χ4v) is 3.85. The summed E-state index contributed by atoms with van der Waals surface area (Å²) in [6.45, 7) is 17.6. The van der Waals surface area contributed by atoms with Crippen LogP contribution >= 0.6 is 0 Å². The molecule has 0 saturated heterocycles. The summed E-state index contributed by atoms with van der Waals surface area (Å²) in [6.07, 6.45) is 1.02. The van der Waals surface area contributed by atoms with Gasteiger partial charge in [-0.1, -0.05) is 34.6 Å². The van der Waals surface area contributed by atoms with Gasteiger partial charge in [0.1, 0.15) is 12.2 Å². The van der Waals surface area contributed by atoms with E-state index in [1.165, 1.54) is 32.6 Å². The van der Waals surface area contributed by atoms with E-state index in [2.05, 4.69) is 5.32 Å². The van der Waals surface area contributed by atoms with Gasteiger partial charge in [0.05, 0.1) is 31.6 Å². The number of amides is 2. The molecule has 0 aliphatic carbocycles. The van der Waals surface area contributed by atoms with E-state index in [4.69, 9.17) is 9.47 Å². The Bertz CT molecular complexity index is 787. The van der Waals surface area contributed by atoms with Gasteiger partial charge < -0.3 is 34.6 Å². The van der Waals surface area contributed by atoms with Crippen LogP contribution in [0.2, 0.25) is 0 Å². The second-order valence-corrected chi connectivity index (χ2v) is 10.7. The number of nitrogens with one attached hydrogen (secondary N) is 1. The molecule has 254 valence electrons. The maximum absolute atomic E-state index is 11.9. The van der Waals surface area contributed by atoms with Crippen molar-refractivity contribution in [2.45, 2.75) is 125 Å². The average Bonchev–Trinajstić information content (AvgIpc) is 2.94. The summed E-state index contributed by atoms with van der Waals surface area (Å²) in [5.74, 6) is -0.888. The minimum absolute atomic E-state index is 0.0967. The van der Waals surface area contributed by atoms with Crippen molar-refractivity contribution in [1.29, 1.82) is 0 Å². The molecule has 0 saturated carbocycles. The molecule has 0 fully saturated rings. The number of hydrogen-bond acceptors (Lipinski definition) is 11. The normalized spacial score (nSPS) is 14.4. The number of ether oxygens (including phenoxy) is 2.